The molecule has 1 unspecified atom stereocenters. The van der Waals surface area contributed by atoms with Crippen LogP contribution in [0, 0.1) is 28.6 Å². The zero-order valence-corrected chi connectivity index (χ0v) is 37.8. The van der Waals surface area contributed by atoms with Gasteiger partial charge < -0.3 is 34.1 Å². The number of nitrogens with one attached hydrogen (secondary N) is 1. The number of ketones is 1. The first kappa shape index (κ1) is 46.3. The second-order valence-electron chi connectivity index (χ2n) is 18.7. The second-order valence-corrected chi connectivity index (χ2v) is 18.7. The lowest BCUT2D eigenvalue weighted by molar-refractivity contribution is -0.341. The molecule has 340 valence electrons. The summed E-state index contributed by atoms with van der Waals surface area (Å²) in [5.74, 6) is -6.62. The number of carbonyl (C=O) groups is 6. The number of esters is 4. The standard InChI is InChI=1S/C51H59NO12/c1-9-19-38(54)64-50-28-60-37(50)26-29(2)49(8)42(50)44(63-47(58)35-24-17-12-18-25-35)51(59)27-36(30(3)39(48(51,6)7)41(43(49)55)61-32(5)53)62-46(57)31(4)40(33-20-13-10-14-21-33)52-45(56)34-22-15-11-16-23-34/h10-18,20-25,29,31,36-37,40-42,44,59H,9,19,26-28H2,1-8H3,(H,52,56)/t29-,31+,36-,37+,40+,41+,42?,44-,49+,50-,51+/m0/s1. The molecule has 64 heavy (non-hydrogen) atoms. The minimum absolute atomic E-state index is 0.0553. The molecule has 2 bridgehead atoms. The van der Waals surface area contributed by atoms with Crippen LogP contribution in [-0.2, 0) is 42.9 Å². The highest BCUT2D eigenvalue weighted by Gasteiger charge is 2.78. The third-order valence-electron chi connectivity index (χ3n) is 14.7. The number of rotatable bonds is 12. The second kappa shape index (κ2) is 17.7. The highest BCUT2D eigenvalue weighted by molar-refractivity contribution is 5.96. The van der Waals surface area contributed by atoms with E-state index in [1.165, 1.54) is 6.92 Å². The Morgan fingerprint density at radius 2 is 1.47 bits per heavy atom. The maximum absolute atomic E-state index is 15.8. The van der Waals surface area contributed by atoms with Gasteiger partial charge in [-0.2, -0.15) is 0 Å². The minimum Gasteiger partial charge on any atom is -0.457 e. The molecule has 1 aliphatic heterocycles. The number of fused-ring (bicyclic) bond motifs is 5. The van der Waals surface area contributed by atoms with Gasteiger partial charge in [0.05, 0.1) is 30.0 Å². The van der Waals surface area contributed by atoms with E-state index in [0.29, 0.717) is 23.1 Å². The SMILES string of the molecule is CCCC(=O)O[C@@]12CO[C@@H]1C[C@H](C)[C@@]1(C)C(=O)[C@H](OC(C)=O)C3=C(C)[C@@H](OC(=O)[C@H](C)[C@@H](NC(=O)c4ccccc4)c4ccccc4)C[C@@](O)([C@@H](OC(=O)c4ccccc4)C12)C3(C)C. The zero-order chi connectivity index (χ0) is 46.4. The fourth-order valence-corrected chi connectivity index (χ4v) is 10.9. The van der Waals surface area contributed by atoms with Gasteiger partial charge in [0, 0.05) is 36.2 Å². The lowest BCUT2D eigenvalue weighted by Gasteiger charge is -2.68. The van der Waals surface area contributed by atoms with Gasteiger partial charge in [0.25, 0.3) is 5.91 Å². The first-order valence-electron chi connectivity index (χ1n) is 22.2. The Morgan fingerprint density at radius 1 is 0.875 bits per heavy atom. The van der Waals surface area contributed by atoms with Crippen molar-refractivity contribution in [3.63, 3.8) is 0 Å². The topological polar surface area (TPSA) is 181 Å². The predicted octanol–water partition coefficient (Wildman–Crippen LogP) is 7.07. The minimum atomic E-state index is -2.20. The van der Waals surface area contributed by atoms with Crippen LogP contribution in [0.15, 0.2) is 102 Å². The summed E-state index contributed by atoms with van der Waals surface area (Å²) < 4.78 is 31.7. The Hall–Kier alpha value is -5.66. The molecule has 11 atom stereocenters. The molecule has 7 rings (SSSR count). The zero-order valence-electron chi connectivity index (χ0n) is 37.8. The molecule has 1 heterocycles. The van der Waals surface area contributed by atoms with Gasteiger partial charge in [-0.05, 0) is 73.6 Å². The highest BCUT2D eigenvalue weighted by atomic mass is 16.6. The largest absolute Gasteiger partial charge is 0.457 e. The normalized spacial score (nSPS) is 31.2. The summed E-state index contributed by atoms with van der Waals surface area (Å²) in [6, 6.07) is 24.9. The number of Topliss-reactive ketones (excluding diaryl/α,β-unsaturated/α-hetero) is 1. The van der Waals surface area contributed by atoms with Gasteiger partial charge in [-0.25, -0.2) is 4.79 Å². The fraction of sp³-hybridized carbons (Fsp3) is 0.490. The average molecular weight is 878 g/mol. The molecule has 1 amide bonds. The van der Waals surface area contributed by atoms with E-state index in [1.807, 2.05) is 19.9 Å². The Kier molecular flexibility index (Phi) is 12.8. The number of carbonyl (C=O) groups excluding carboxylic acids is 6. The van der Waals surface area contributed by atoms with Gasteiger partial charge in [-0.1, -0.05) is 101 Å². The molecule has 0 spiro atoms. The molecular weight excluding hydrogens is 819 g/mol. The number of ether oxygens (including phenoxy) is 5. The van der Waals surface area contributed by atoms with Gasteiger partial charge >= 0.3 is 23.9 Å². The van der Waals surface area contributed by atoms with Crippen molar-refractivity contribution in [3.05, 3.63) is 119 Å². The molecule has 3 aromatic carbocycles. The number of hydrogen-bond acceptors (Lipinski definition) is 12. The Morgan fingerprint density at radius 3 is 2.03 bits per heavy atom. The maximum Gasteiger partial charge on any atom is 0.338 e. The van der Waals surface area contributed by atoms with E-state index in [1.54, 1.807) is 120 Å². The van der Waals surface area contributed by atoms with E-state index in [2.05, 4.69) is 5.32 Å². The van der Waals surface area contributed by atoms with Gasteiger partial charge in [0.2, 0.25) is 0 Å². The number of amides is 1. The van der Waals surface area contributed by atoms with Crippen LogP contribution in [0.2, 0.25) is 0 Å². The first-order chi connectivity index (χ1) is 30.3. The maximum atomic E-state index is 15.8. The first-order valence-corrected chi connectivity index (χ1v) is 22.2. The van der Waals surface area contributed by atoms with Crippen LogP contribution in [-0.4, -0.2) is 82.9 Å². The van der Waals surface area contributed by atoms with E-state index in [4.69, 9.17) is 23.7 Å². The summed E-state index contributed by atoms with van der Waals surface area (Å²) in [5.41, 5.74) is -5.10. The van der Waals surface area contributed by atoms with Crippen molar-refractivity contribution < 1.29 is 57.6 Å². The molecule has 13 nitrogen and oxygen atoms in total. The lowest BCUT2D eigenvalue weighted by Crippen LogP contribution is -2.81. The Labute approximate surface area is 374 Å². The fourth-order valence-electron chi connectivity index (χ4n) is 10.9. The van der Waals surface area contributed by atoms with Crippen molar-refractivity contribution in [1.29, 1.82) is 0 Å². The summed E-state index contributed by atoms with van der Waals surface area (Å²) in [6.07, 6.45) is -4.76. The Balaban J connectivity index is 1.39. The molecule has 3 aromatic rings. The van der Waals surface area contributed by atoms with Crippen LogP contribution in [0.5, 0.6) is 0 Å². The van der Waals surface area contributed by atoms with Gasteiger partial charge in [0.15, 0.2) is 17.5 Å². The number of benzene rings is 3. The predicted molar refractivity (Wildman–Crippen MR) is 233 cm³/mol. The van der Waals surface area contributed by atoms with Crippen molar-refractivity contribution in [1.82, 2.24) is 5.32 Å². The summed E-state index contributed by atoms with van der Waals surface area (Å²) in [6.45, 7) is 13.1. The molecule has 13 heteroatoms. The van der Waals surface area contributed by atoms with Gasteiger partial charge in [0.1, 0.15) is 23.9 Å². The third-order valence-corrected chi connectivity index (χ3v) is 14.7. The van der Waals surface area contributed by atoms with Crippen molar-refractivity contribution in [2.75, 3.05) is 6.61 Å². The number of aliphatic hydroxyl groups is 1. The van der Waals surface area contributed by atoms with Gasteiger partial charge in [-0.3, -0.25) is 24.0 Å². The molecule has 3 aliphatic carbocycles. The molecule has 4 aliphatic rings. The van der Waals surface area contributed by atoms with E-state index in [0.717, 1.165) is 0 Å². The van der Waals surface area contributed by atoms with Crippen LogP contribution in [0.3, 0.4) is 0 Å². The summed E-state index contributed by atoms with van der Waals surface area (Å²) in [5, 5.41) is 16.9. The summed E-state index contributed by atoms with van der Waals surface area (Å²) >= 11 is 0. The lowest BCUT2D eigenvalue weighted by atomic mass is 9.43. The smallest absolute Gasteiger partial charge is 0.338 e. The van der Waals surface area contributed by atoms with E-state index < -0.39 is 106 Å². The van der Waals surface area contributed by atoms with E-state index in [9.17, 15) is 29.1 Å². The molecule has 3 fully saturated rings. The van der Waals surface area contributed by atoms with E-state index >= 15 is 4.79 Å². The number of hydrogen-bond donors (Lipinski definition) is 2. The Bertz CT molecular complexity index is 2310. The monoisotopic (exact) mass is 877 g/mol. The van der Waals surface area contributed by atoms with Crippen molar-refractivity contribution in [3.8, 4) is 0 Å². The molecular formula is C51H59NO12. The van der Waals surface area contributed by atoms with Crippen LogP contribution in [0.25, 0.3) is 0 Å². The molecule has 2 N–H and O–H groups in total. The molecule has 2 saturated carbocycles. The van der Waals surface area contributed by atoms with Crippen molar-refractivity contribution in [2.24, 2.45) is 28.6 Å². The third kappa shape index (κ3) is 7.84. The summed E-state index contributed by atoms with van der Waals surface area (Å²) in [7, 11) is 0. The van der Waals surface area contributed by atoms with Gasteiger partial charge in [-0.15, -0.1) is 0 Å². The van der Waals surface area contributed by atoms with E-state index in [-0.39, 0.29) is 37.0 Å². The van der Waals surface area contributed by atoms with Crippen molar-refractivity contribution in [2.45, 2.75) is 123 Å². The van der Waals surface area contributed by atoms with Crippen LogP contribution in [0.4, 0.5) is 0 Å². The molecule has 0 aromatic heterocycles. The average Bonchev–Trinajstić information content (AvgIpc) is 3.27. The summed E-state index contributed by atoms with van der Waals surface area (Å²) in [4.78, 5) is 85.3. The van der Waals surface area contributed by atoms with Crippen molar-refractivity contribution >= 4 is 35.6 Å². The molecule has 1 saturated heterocycles. The highest BCUT2D eigenvalue weighted by Crippen LogP contribution is 2.65. The molecule has 0 radical (unpaired) electrons. The van der Waals surface area contributed by atoms with Crippen LogP contribution in [0.1, 0.15) is 113 Å². The quantitative estimate of drug-likeness (QED) is 0.108. The van der Waals surface area contributed by atoms with Crippen LogP contribution >= 0.6 is 0 Å². The van der Waals surface area contributed by atoms with Crippen LogP contribution < -0.4 is 5.32 Å².